The summed E-state index contributed by atoms with van der Waals surface area (Å²) in [7, 11) is -3.85. The zero-order valence-corrected chi connectivity index (χ0v) is 14.2. The Hall–Kier alpha value is -2.45. The maximum atomic E-state index is 12.3. The fourth-order valence-electron chi connectivity index (χ4n) is 2.13. The van der Waals surface area contributed by atoms with E-state index in [0.29, 0.717) is 17.9 Å². The van der Waals surface area contributed by atoms with Gasteiger partial charge in [-0.25, -0.2) is 13.1 Å². The predicted molar refractivity (Wildman–Crippen MR) is 89.5 cm³/mol. The SMILES string of the molecule is CCOc1cccc(CNS(=O)(=O)c2ccc(C)c([N+](=O)[O-])c2)c1. The maximum absolute atomic E-state index is 12.3. The number of hydrogen-bond acceptors (Lipinski definition) is 5. The van der Waals surface area contributed by atoms with Crippen molar-refractivity contribution in [2.75, 3.05) is 6.61 Å². The van der Waals surface area contributed by atoms with Gasteiger partial charge in [-0.1, -0.05) is 18.2 Å². The quantitative estimate of drug-likeness (QED) is 0.611. The minimum atomic E-state index is -3.85. The molecule has 0 unspecified atom stereocenters. The standard InChI is InChI=1S/C16H18N2O5S/c1-3-23-14-6-4-5-13(9-14)11-17-24(21,22)15-8-7-12(2)16(10-15)18(19)20/h4-10,17H,3,11H2,1-2H3. The van der Waals surface area contributed by atoms with Gasteiger partial charge in [0.2, 0.25) is 10.0 Å². The number of aryl methyl sites for hydroxylation is 1. The predicted octanol–water partition coefficient (Wildman–Crippen LogP) is 2.78. The Bertz CT molecular complexity index is 849. The fraction of sp³-hybridized carbons (Fsp3) is 0.250. The first-order valence-electron chi connectivity index (χ1n) is 7.30. The van der Waals surface area contributed by atoms with Crippen molar-refractivity contribution in [2.24, 2.45) is 0 Å². The lowest BCUT2D eigenvalue weighted by molar-refractivity contribution is -0.385. The van der Waals surface area contributed by atoms with Crippen LogP contribution in [0.4, 0.5) is 5.69 Å². The molecule has 0 fully saturated rings. The van der Waals surface area contributed by atoms with Crippen LogP contribution in [0.1, 0.15) is 18.1 Å². The highest BCUT2D eigenvalue weighted by molar-refractivity contribution is 7.89. The van der Waals surface area contributed by atoms with E-state index in [9.17, 15) is 18.5 Å². The average Bonchev–Trinajstić information content (AvgIpc) is 2.54. The lowest BCUT2D eigenvalue weighted by atomic mass is 10.2. The first-order chi connectivity index (χ1) is 11.3. The van der Waals surface area contributed by atoms with Crippen LogP contribution in [0.3, 0.4) is 0 Å². The van der Waals surface area contributed by atoms with Gasteiger partial charge >= 0.3 is 0 Å². The van der Waals surface area contributed by atoms with Crippen molar-refractivity contribution >= 4 is 15.7 Å². The molecule has 0 atom stereocenters. The minimum Gasteiger partial charge on any atom is -0.494 e. The summed E-state index contributed by atoms with van der Waals surface area (Å²) in [6.45, 7) is 3.99. The highest BCUT2D eigenvalue weighted by atomic mass is 32.2. The third-order valence-electron chi connectivity index (χ3n) is 3.36. The Morgan fingerprint density at radius 1 is 1.21 bits per heavy atom. The molecule has 0 saturated carbocycles. The molecular formula is C16H18N2O5S. The van der Waals surface area contributed by atoms with Gasteiger partial charge in [-0.05, 0) is 37.6 Å². The van der Waals surface area contributed by atoms with E-state index in [-0.39, 0.29) is 17.1 Å². The van der Waals surface area contributed by atoms with Crippen LogP contribution in [0, 0.1) is 17.0 Å². The summed E-state index contributed by atoms with van der Waals surface area (Å²) in [4.78, 5) is 10.2. The Kier molecular flexibility index (Phi) is 5.53. The van der Waals surface area contributed by atoms with Gasteiger partial charge in [-0.15, -0.1) is 0 Å². The van der Waals surface area contributed by atoms with Crippen molar-refractivity contribution < 1.29 is 18.1 Å². The number of hydrogen-bond donors (Lipinski definition) is 1. The number of nitrogens with zero attached hydrogens (tertiary/aromatic N) is 1. The average molecular weight is 350 g/mol. The van der Waals surface area contributed by atoms with E-state index in [0.717, 1.165) is 11.6 Å². The normalized spacial score (nSPS) is 11.2. The van der Waals surface area contributed by atoms with Crippen LogP contribution < -0.4 is 9.46 Å². The Balaban J connectivity index is 2.18. The molecule has 1 N–H and O–H groups in total. The number of sulfonamides is 1. The third-order valence-corrected chi connectivity index (χ3v) is 4.76. The molecule has 0 heterocycles. The van der Waals surface area contributed by atoms with E-state index in [2.05, 4.69) is 4.72 Å². The van der Waals surface area contributed by atoms with Gasteiger partial charge in [-0.2, -0.15) is 0 Å². The van der Waals surface area contributed by atoms with Crippen LogP contribution in [0.5, 0.6) is 5.75 Å². The smallest absolute Gasteiger partial charge is 0.273 e. The van der Waals surface area contributed by atoms with E-state index < -0.39 is 14.9 Å². The molecule has 8 heteroatoms. The molecule has 0 aliphatic heterocycles. The summed E-state index contributed by atoms with van der Waals surface area (Å²) >= 11 is 0. The van der Waals surface area contributed by atoms with Crippen LogP contribution in [0.2, 0.25) is 0 Å². The van der Waals surface area contributed by atoms with Gasteiger partial charge in [0.1, 0.15) is 5.75 Å². The van der Waals surface area contributed by atoms with E-state index in [1.54, 1.807) is 31.2 Å². The summed E-state index contributed by atoms with van der Waals surface area (Å²) in [5, 5.41) is 11.0. The molecule has 0 bridgehead atoms. The highest BCUT2D eigenvalue weighted by Crippen LogP contribution is 2.22. The number of nitro benzene ring substituents is 1. The van der Waals surface area contributed by atoms with E-state index in [4.69, 9.17) is 4.74 Å². The van der Waals surface area contributed by atoms with Crippen molar-refractivity contribution in [3.8, 4) is 5.75 Å². The lowest BCUT2D eigenvalue weighted by Crippen LogP contribution is -2.23. The third kappa shape index (κ3) is 4.30. The summed E-state index contributed by atoms with van der Waals surface area (Å²) in [5.74, 6) is 0.653. The van der Waals surface area contributed by atoms with Crippen molar-refractivity contribution in [3.05, 3.63) is 63.7 Å². The number of benzene rings is 2. The second kappa shape index (κ2) is 7.41. The van der Waals surface area contributed by atoms with E-state index >= 15 is 0 Å². The van der Waals surface area contributed by atoms with Crippen LogP contribution in [0.15, 0.2) is 47.4 Å². The van der Waals surface area contributed by atoms with E-state index in [1.807, 2.05) is 6.92 Å². The molecular weight excluding hydrogens is 332 g/mol. The molecule has 0 aliphatic rings. The van der Waals surface area contributed by atoms with Crippen LogP contribution in [-0.2, 0) is 16.6 Å². The summed E-state index contributed by atoms with van der Waals surface area (Å²) in [6.07, 6.45) is 0. The Labute approximate surface area is 140 Å². The molecule has 2 aromatic rings. The largest absolute Gasteiger partial charge is 0.494 e. The number of rotatable bonds is 7. The van der Waals surface area contributed by atoms with Crippen LogP contribution >= 0.6 is 0 Å². The maximum Gasteiger partial charge on any atom is 0.273 e. The molecule has 0 saturated heterocycles. The minimum absolute atomic E-state index is 0.0604. The molecule has 2 aromatic carbocycles. The number of ether oxygens (including phenoxy) is 1. The fourth-order valence-corrected chi connectivity index (χ4v) is 3.16. The molecule has 0 radical (unpaired) electrons. The molecule has 7 nitrogen and oxygen atoms in total. The lowest BCUT2D eigenvalue weighted by Gasteiger charge is -2.09. The second-order valence-electron chi connectivity index (χ2n) is 5.11. The molecule has 0 spiro atoms. The Morgan fingerprint density at radius 3 is 2.62 bits per heavy atom. The zero-order valence-electron chi connectivity index (χ0n) is 13.4. The van der Waals surface area contributed by atoms with Gasteiger partial charge in [0.15, 0.2) is 0 Å². The van der Waals surface area contributed by atoms with Gasteiger partial charge < -0.3 is 4.74 Å². The Morgan fingerprint density at radius 2 is 1.96 bits per heavy atom. The molecule has 24 heavy (non-hydrogen) atoms. The summed E-state index contributed by atoms with van der Waals surface area (Å²) in [6, 6.07) is 10.9. The first kappa shape index (κ1) is 17.9. The van der Waals surface area contributed by atoms with Crippen molar-refractivity contribution in [2.45, 2.75) is 25.3 Å². The summed E-state index contributed by atoms with van der Waals surface area (Å²) < 4.78 is 32.5. The highest BCUT2D eigenvalue weighted by Gasteiger charge is 2.19. The van der Waals surface area contributed by atoms with Crippen molar-refractivity contribution in [1.82, 2.24) is 4.72 Å². The van der Waals surface area contributed by atoms with E-state index in [1.165, 1.54) is 12.1 Å². The van der Waals surface area contributed by atoms with Gasteiger partial charge in [0, 0.05) is 18.2 Å². The topological polar surface area (TPSA) is 98.5 Å². The second-order valence-corrected chi connectivity index (χ2v) is 6.88. The molecule has 0 aromatic heterocycles. The van der Waals surface area contributed by atoms with Crippen LogP contribution in [0.25, 0.3) is 0 Å². The number of nitrogens with one attached hydrogen (secondary N) is 1. The first-order valence-corrected chi connectivity index (χ1v) is 8.78. The zero-order chi connectivity index (χ0) is 17.7. The monoisotopic (exact) mass is 350 g/mol. The van der Waals surface area contributed by atoms with Crippen molar-refractivity contribution in [1.29, 1.82) is 0 Å². The summed E-state index contributed by atoms with van der Waals surface area (Å²) in [5.41, 5.74) is 0.908. The van der Waals surface area contributed by atoms with Gasteiger partial charge in [0.05, 0.1) is 16.4 Å². The van der Waals surface area contributed by atoms with Gasteiger partial charge in [-0.3, -0.25) is 10.1 Å². The molecule has 0 aliphatic carbocycles. The van der Waals surface area contributed by atoms with Crippen LogP contribution in [-0.4, -0.2) is 19.9 Å². The molecule has 2 rings (SSSR count). The molecule has 128 valence electrons. The molecule has 0 amide bonds. The number of nitro groups is 1. The van der Waals surface area contributed by atoms with Gasteiger partial charge in [0.25, 0.3) is 5.69 Å². The van der Waals surface area contributed by atoms with Crippen molar-refractivity contribution in [3.63, 3.8) is 0 Å².